The number of hydrogen-bond acceptors (Lipinski definition) is 4. The second-order valence-corrected chi connectivity index (χ2v) is 4.04. The molecule has 1 heterocycles. The van der Waals surface area contributed by atoms with Crippen LogP contribution < -0.4 is 5.73 Å². The van der Waals surface area contributed by atoms with Gasteiger partial charge in [0.2, 0.25) is 0 Å². The van der Waals surface area contributed by atoms with E-state index in [2.05, 4.69) is 9.84 Å². The first-order chi connectivity index (χ1) is 7.07. The Morgan fingerprint density at radius 1 is 1.67 bits per heavy atom. The summed E-state index contributed by atoms with van der Waals surface area (Å²) in [5.74, 6) is -0.417. The van der Waals surface area contributed by atoms with E-state index in [1.165, 1.54) is 7.11 Å². The Morgan fingerprint density at radius 3 is 2.80 bits per heavy atom. The second kappa shape index (κ2) is 3.34. The van der Waals surface area contributed by atoms with Crippen molar-refractivity contribution in [2.75, 3.05) is 7.11 Å². The maximum Gasteiger partial charge on any atom is 0.358 e. The van der Waals surface area contributed by atoms with Crippen molar-refractivity contribution in [1.29, 1.82) is 0 Å². The lowest BCUT2D eigenvalue weighted by Gasteiger charge is -2.37. The highest BCUT2D eigenvalue weighted by molar-refractivity contribution is 5.87. The molecule has 1 fully saturated rings. The van der Waals surface area contributed by atoms with Crippen molar-refractivity contribution in [2.24, 2.45) is 12.8 Å². The molecule has 1 saturated carbocycles. The monoisotopic (exact) mass is 209 g/mol. The molecule has 0 radical (unpaired) electrons. The summed E-state index contributed by atoms with van der Waals surface area (Å²) in [6, 6.07) is 1.73. The van der Waals surface area contributed by atoms with E-state index < -0.39 is 5.97 Å². The summed E-state index contributed by atoms with van der Waals surface area (Å²) in [5.41, 5.74) is 7.11. The van der Waals surface area contributed by atoms with Gasteiger partial charge in [-0.25, -0.2) is 4.79 Å². The van der Waals surface area contributed by atoms with Gasteiger partial charge in [0, 0.05) is 7.05 Å². The fourth-order valence-corrected chi connectivity index (χ4v) is 1.95. The van der Waals surface area contributed by atoms with Gasteiger partial charge in [0.1, 0.15) is 0 Å². The molecule has 1 aromatic rings. The number of ether oxygens (including phenoxy) is 1. The highest BCUT2D eigenvalue weighted by Crippen LogP contribution is 2.38. The van der Waals surface area contributed by atoms with Crippen molar-refractivity contribution in [2.45, 2.75) is 24.8 Å². The maximum atomic E-state index is 11.3. The van der Waals surface area contributed by atoms with E-state index >= 15 is 0 Å². The van der Waals surface area contributed by atoms with Crippen molar-refractivity contribution in [3.63, 3.8) is 0 Å². The molecule has 0 aromatic carbocycles. The molecule has 0 unspecified atom stereocenters. The summed E-state index contributed by atoms with van der Waals surface area (Å²) in [5, 5.41) is 4.09. The highest BCUT2D eigenvalue weighted by Gasteiger charge is 2.37. The predicted molar refractivity (Wildman–Crippen MR) is 54.3 cm³/mol. The van der Waals surface area contributed by atoms with Gasteiger partial charge in [-0.15, -0.1) is 0 Å². The molecular formula is C10H15N3O2. The Bertz CT molecular complexity index is 393. The predicted octanol–water partition coefficient (Wildman–Crippen LogP) is 0.545. The third-order valence-corrected chi connectivity index (χ3v) is 3.03. The summed E-state index contributed by atoms with van der Waals surface area (Å²) < 4.78 is 6.29. The van der Waals surface area contributed by atoms with Crippen LogP contribution in [-0.4, -0.2) is 22.9 Å². The third kappa shape index (κ3) is 1.52. The van der Waals surface area contributed by atoms with Crippen LogP contribution >= 0.6 is 0 Å². The van der Waals surface area contributed by atoms with E-state index in [0.29, 0.717) is 5.69 Å². The molecule has 0 atom stereocenters. The summed E-state index contributed by atoms with van der Waals surface area (Å²) >= 11 is 0. The van der Waals surface area contributed by atoms with Gasteiger partial charge in [-0.3, -0.25) is 4.68 Å². The van der Waals surface area contributed by atoms with Crippen LogP contribution in [0.15, 0.2) is 6.07 Å². The Morgan fingerprint density at radius 2 is 2.33 bits per heavy atom. The Kier molecular flexibility index (Phi) is 2.26. The molecule has 15 heavy (non-hydrogen) atoms. The van der Waals surface area contributed by atoms with Gasteiger partial charge < -0.3 is 10.5 Å². The number of carbonyl (C=O) groups is 1. The first-order valence-electron chi connectivity index (χ1n) is 4.98. The molecule has 1 aromatic heterocycles. The Balaban J connectivity index is 2.33. The van der Waals surface area contributed by atoms with Crippen LogP contribution in [0.2, 0.25) is 0 Å². The first kappa shape index (κ1) is 10.2. The second-order valence-electron chi connectivity index (χ2n) is 4.04. The number of esters is 1. The quantitative estimate of drug-likeness (QED) is 0.722. The molecule has 5 heteroatoms. The summed E-state index contributed by atoms with van der Waals surface area (Å²) in [4.78, 5) is 11.3. The normalized spacial score (nSPS) is 18.3. The molecule has 2 rings (SSSR count). The van der Waals surface area contributed by atoms with Gasteiger partial charge in [0.15, 0.2) is 5.69 Å². The third-order valence-electron chi connectivity index (χ3n) is 3.03. The molecule has 0 aliphatic heterocycles. The van der Waals surface area contributed by atoms with E-state index in [1.54, 1.807) is 17.8 Å². The van der Waals surface area contributed by atoms with Crippen molar-refractivity contribution >= 4 is 5.97 Å². The molecule has 1 aliphatic carbocycles. The first-order valence-corrected chi connectivity index (χ1v) is 4.98. The summed E-state index contributed by atoms with van der Waals surface area (Å²) in [6.45, 7) is 0. The van der Waals surface area contributed by atoms with Crippen LogP contribution in [0.4, 0.5) is 0 Å². The van der Waals surface area contributed by atoms with Crippen LogP contribution in [0.1, 0.15) is 35.4 Å². The van der Waals surface area contributed by atoms with Gasteiger partial charge in [-0.05, 0) is 25.3 Å². The number of rotatable bonds is 2. The zero-order chi connectivity index (χ0) is 11.1. The number of aromatic nitrogens is 2. The molecule has 0 spiro atoms. The molecule has 5 nitrogen and oxygen atoms in total. The van der Waals surface area contributed by atoms with Crippen molar-refractivity contribution in [3.8, 4) is 0 Å². The van der Waals surface area contributed by atoms with Gasteiger partial charge in [0.05, 0.1) is 18.3 Å². The van der Waals surface area contributed by atoms with Crippen LogP contribution in [0.5, 0.6) is 0 Å². The van der Waals surface area contributed by atoms with E-state index in [-0.39, 0.29) is 5.54 Å². The molecule has 2 N–H and O–H groups in total. The SMILES string of the molecule is COC(=O)c1cc(C2(N)CCC2)n(C)n1. The van der Waals surface area contributed by atoms with Gasteiger partial charge >= 0.3 is 5.97 Å². The number of hydrogen-bond donors (Lipinski definition) is 1. The standard InChI is InChI=1S/C10H15N3O2/c1-13-8(10(11)4-3-5-10)6-7(12-13)9(14)15-2/h6H,3-5,11H2,1-2H3. The zero-order valence-electron chi connectivity index (χ0n) is 8.99. The molecule has 0 saturated heterocycles. The molecule has 82 valence electrons. The van der Waals surface area contributed by atoms with Crippen LogP contribution in [0, 0.1) is 0 Å². The minimum atomic E-state index is -0.417. The van der Waals surface area contributed by atoms with E-state index in [0.717, 1.165) is 25.0 Å². The van der Waals surface area contributed by atoms with E-state index in [9.17, 15) is 4.79 Å². The Labute approximate surface area is 88.2 Å². The highest BCUT2D eigenvalue weighted by atomic mass is 16.5. The molecular weight excluding hydrogens is 194 g/mol. The smallest absolute Gasteiger partial charge is 0.358 e. The topological polar surface area (TPSA) is 70.1 Å². The average molecular weight is 209 g/mol. The van der Waals surface area contributed by atoms with Crippen molar-refractivity contribution < 1.29 is 9.53 Å². The Hall–Kier alpha value is -1.36. The minimum Gasteiger partial charge on any atom is -0.464 e. The molecule has 0 bridgehead atoms. The van der Waals surface area contributed by atoms with Gasteiger partial charge in [0.25, 0.3) is 0 Å². The van der Waals surface area contributed by atoms with Gasteiger partial charge in [-0.2, -0.15) is 5.10 Å². The summed E-state index contributed by atoms with van der Waals surface area (Å²) in [7, 11) is 3.15. The molecule has 1 aliphatic rings. The van der Waals surface area contributed by atoms with Crippen molar-refractivity contribution in [1.82, 2.24) is 9.78 Å². The zero-order valence-corrected chi connectivity index (χ0v) is 8.99. The van der Waals surface area contributed by atoms with Crippen molar-refractivity contribution in [3.05, 3.63) is 17.5 Å². The van der Waals surface area contributed by atoms with E-state index in [4.69, 9.17) is 5.73 Å². The lowest BCUT2D eigenvalue weighted by molar-refractivity contribution is 0.0593. The average Bonchev–Trinajstić information content (AvgIpc) is 2.56. The lowest BCUT2D eigenvalue weighted by Crippen LogP contribution is -2.44. The molecule has 0 amide bonds. The largest absolute Gasteiger partial charge is 0.464 e. The van der Waals surface area contributed by atoms with Gasteiger partial charge in [-0.1, -0.05) is 0 Å². The van der Waals surface area contributed by atoms with Crippen LogP contribution in [-0.2, 0) is 17.3 Å². The fourth-order valence-electron chi connectivity index (χ4n) is 1.95. The lowest BCUT2D eigenvalue weighted by atomic mass is 9.75. The number of aryl methyl sites for hydroxylation is 1. The fraction of sp³-hybridized carbons (Fsp3) is 0.600. The van der Waals surface area contributed by atoms with Crippen LogP contribution in [0.3, 0.4) is 0 Å². The van der Waals surface area contributed by atoms with E-state index in [1.807, 2.05) is 0 Å². The van der Waals surface area contributed by atoms with Crippen LogP contribution in [0.25, 0.3) is 0 Å². The number of methoxy groups -OCH3 is 1. The number of nitrogens with two attached hydrogens (primary N) is 1. The number of carbonyl (C=O) groups excluding carboxylic acids is 1. The summed E-state index contributed by atoms with van der Waals surface area (Å²) in [6.07, 6.45) is 3.04. The minimum absolute atomic E-state index is 0.298. The maximum absolute atomic E-state index is 11.3. The number of nitrogens with zero attached hydrogens (tertiary/aromatic N) is 2.